The third-order valence-corrected chi connectivity index (χ3v) is 5.37. The van der Waals surface area contributed by atoms with Crippen LogP contribution < -0.4 is 10.6 Å². The van der Waals surface area contributed by atoms with Gasteiger partial charge in [0.2, 0.25) is 0 Å². The second kappa shape index (κ2) is 7.50. The second-order valence-electron chi connectivity index (χ2n) is 6.61. The summed E-state index contributed by atoms with van der Waals surface area (Å²) in [7, 11) is 0. The fourth-order valence-electron chi connectivity index (χ4n) is 3.11. The van der Waals surface area contributed by atoms with Crippen LogP contribution in [0.3, 0.4) is 0 Å². The highest BCUT2D eigenvalue weighted by molar-refractivity contribution is 9.10. The van der Waals surface area contributed by atoms with Crippen LogP contribution in [0.1, 0.15) is 18.2 Å². The number of rotatable bonds is 3. The summed E-state index contributed by atoms with van der Waals surface area (Å²) in [4.78, 5) is 25.9. The number of amides is 1. The van der Waals surface area contributed by atoms with Crippen molar-refractivity contribution in [2.75, 3.05) is 5.01 Å². The Bertz CT molecular complexity index is 1240. The van der Waals surface area contributed by atoms with E-state index in [1.807, 2.05) is 24.3 Å². The Balaban J connectivity index is 1.73. The van der Waals surface area contributed by atoms with E-state index >= 15 is 0 Å². The molecule has 4 rings (SSSR count). The number of hydrogen-bond donors (Lipinski definition) is 1. The van der Waals surface area contributed by atoms with Crippen molar-refractivity contribution in [3.63, 3.8) is 0 Å². The topological polar surface area (TPSA) is 70.5 Å². The predicted molar refractivity (Wildman–Crippen MR) is 119 cm³/mol. The Labute approximate surface area is 180 Å². The van der Waals surface area contributed by atoms with E-state index < -0.39 is 0 Å². The predicted octanol–water partition coefficient (Wildman–Crippen LogP) is 4.70. The van der Waals surface area contributed by atoms with Gasteiger partial charge in [-0.2, -0.15) is 10.1 Å². The lowest BCUT2D eigenvalue weighted by Crippen LogP contribution is -2.22. The quantitative estimate of drug-likeness (QED) is 0.563. The van der Waals surface area contributed by atoms with Crippen molar-refractivity contribution in [1.82, 2.24) is 9.78 Å². The van der Waals surface area contributed by atoms with Crippen molar-refractivity contribution < 1.29 is 4.79 Å². The molecule has 0 unspecified atom stereocenters. The van der Waals surface area contributed by atoms with Gasteiger partial charge >= 0.3 is 0 Å². The number of halogens is 2. The standard InChI is InChI=1S/C21H16BrClN4O2/c1-12-18(20(28)26(24-12)16-8-6-14(22)7-9-16)11-19-13(2)25-27(21(19)29)17-5-3-4-15(23)10-17/h3-11,24H,1-2H3/b19-11-. The molecule has 8 heteroatoms. The van der Waals surface area contributed by atoms with Crippen molar-refractivity contribution in [3.05, 3.63) is 85.2 Å². The first-order valence-corrected chi connectivity index (χ1v) is 9.97. The number of aryl methyl sites for hydroxylation is 1. The van der Waals surface area contributed by atoms with Gasteiger partial charge in [-0.05, 0) is 62.4 Å². The summed E-state index contributed by atoms with van der Waals surface area (Å²) in [5.41, 5.74) is 3.01. The van der Waals surface area contributed by atoms with Crippen molar-refractivity contribution in [2.45, 2.75) is 13.8 Å². The summed E-state index contributed by atoms with van der Waals surface area (Å²) in [5.74, 6) is -0.306. The third-order valence-electron chi connectivity index (χ3n) is 4.61. The number of carbonyl (C=O) groups excluding carboxylic acids is 1. The number of aromatic nitrogens is 2. The van der Waals surface area contributed by atoms with E-state index in [2.05, 4.69) is 26.1 Å². The molecule has 1 N–H and O–H groups in total. The number of nitrogens with zero attached hydrogens (tertiary/aromatic N) is 3. The molecule has 0 saturated heterocycles. The minimum Gasteiger partial charge on any atom is -0.295 e. The summed E-state index contributed by atoms with van der Waals surface area (Å²) in [6.07, 6.45) is 1.59. The molecule has 146 valence electrons. The van der Waals surface area contributed by atoms with E-state index in [0.717, 1.165) is 4.47 Å². The number of hydrogen-bond acceptors (Lipinski definition) is 3. The number of carbonyl (C=O) groups is 1. The summed E-state index contributed by atoms with van der Waals surface area (Å²) >= 11 is 9.42. The number of aromatic amines is 1. The van der Waals surface area contributed by atoms with E-state index in [-0.39, 0.29) is 11.5 Å². The van der Waals surface area contributed by atoms with Crippen LogP contribution in [0.25, 0.3) is 11.8 Å². The number of H-pyrrole nitrogens is 1. The van der Waals surface area contributed by atoms with E-state index in [0.29, 0.717) is 38.9 Å². The molecule has 3 aromatic rings. The van der Waals surface area contributed by atoms with Crippen LogP contribution in [-0.2, 0) is 4.79 Å². The van der Waals surface area contributed by atoms with Crippen molar-refractivity contribution in [2.24, 2.45) is 5.10 Å². The van der Waals surface area contributed by atoms with Crippen LogP contribution in [0.4, 0.5) is 5.69 Å². The molecule has 0 atom stereocenters. The van der Waals surface area contributed by atoms with Crippen molar-refractivity contribution in [1.29, 1.82) is 0 Å². The molecule has 0 bridgehead atoms. The molecule has 0 saturated carbocycles. The Morgan fingerprint density at radius 3 is 2.48 bits per heavy atom. The maximum atomic E-state index is 13.0. The summed E-state index contributed by atoms with van der Waals surface area (Å²) < 4.78 is 2.37. The average molecular weight is 472 g/mol. The molecular weight excluding hydrogens is 456 g/mol. The van der Waals surface area contributed by atoms with Gasteiger partial charge in [-0.3, -0.25) is 14.7 Å². The van der Waals surface area contributed by atoms with Crippen LogP contribution >= 0.6 is 27.5 Å². The van der Waals surface area contributed by atoms with Gasteiger partial charge in [0.15, 0.2) is 0 Å². The van der Waals surface area contributed by atoms with E-state index in [1.165, 1.54) is 9.69 Å². The summed E-state index contributed by atoms with van der Waals surface area (Å²) in [6.45, 7) is 3.54. The SMILES string of the molecule is CC1=NN(c2cccc(Cl)c2)C(=O)/C1=C\c1c(C)[nH]n(-c2ccc(Br)cc2)c1=O. The molecule has 29 heavy (non-hydrogen) atoms. The maximum absolute atomic E-state index is 13.0. The molecule has 2 aromatic carbocycles. The fraction of sp³-hybridized carbons (Fsp3) is 0.0952. The molecule has 0 spiro atoms. The maximum Gasteiger partial charge on any atom is 0.280 e. The zero-order valence-corrected chi connectivity index (χ0v) is 18.0. The zero-order chi connectivity index (χ0) is 20.7. The van der Waals surface area contributed by atoms with E-state index in [9.17, 15) is 9.59 Å². The van der Waals surface area contributed by atoms with Crippen LogP contribution in [0, 0.1) is 6.92 Å². The molecular formula is C21H16BrClN4O2. The van der Waals surface area contributed by atoms with E-state index in [1.54, 1.807) is 44.2 Å². The highest BCUT2D eigenvalue weighted by Gasteiger charge is 2.29. The van der Waals surface area contributed by atoms with Gasteiger partial charge in [0.25, 0.3) is 11.5 Å². The molecule has 1 aliphatic heterocycles. The molecule has 6 nitrogen and oxygen atoms in total. The van der Waals surface area contributed by atoms with Crippen LogP contribution in [0.5, 0.6) is 0 Å². The Morgan fingerprint density at radius 1 is 1.07 bits per heavy atom. The first-order chi connectivity index (χ1) is 13.8. The molecule has 2 heterocycles. The van der Waals surface area contributed by atoms with Gasteiger partial charge in [0.05, 0.1) is 28.2 Å². The Morgan fingerprint density at radius 2 is 1.79 bits per heavy atom. The molecule has 1 aliphatic rings. The number of hydrazone groups is 1. The van der Waals surface area contributed by atoms with Crippen LogP contribution in [-0.4, -0.2) is 21.4 Å². The smallest absolute Gasteiger partial charge is 0.280 e. The highest BCUT2D eigenvalue weighted by atomic mass is 79.9. The van der Waals surface area contributed by atoms with Gasteiger partial charge in [-0.25, -0.2) is 4.68 Å². The van der Waals surface area contributed by atoms with Gasteiger partial charge in [0.1, 0.15) is 0 Å². The minimum absolute atomic E-state index is 0.237. The largest absolute Gasteiger partial charge is 0.295 e. The highest BCUT2D eigenvalue weighted by Crippen LogP contribution is 2.27. The first-order valence-electron chi connectivity index (χ1n) is 8.80. The van der Waals surface area contributed by atoms with Gasteiger partial charge < -0.3 is 0 Å². The van der Waals surface area contributed by atoms with Crippen LogP contribution in [0.15, 0.2) is 68.5 Å². The molecule has 0 radical (unpaired) electrons. The molecule has 1 amide bonds. The Hall–Kier alpha value is -2.90. The van der Waals surface area contributed by atoms with Crippen molar-refractivity contribution >= 4 is 50.9 Å². The number of anilines is 1. The van der Waals surface area contributed by atoms with Gasteiger partial charge in [-0.15, -0.1) is 0 Å². The normalized spacial score (nSPS) is 15.3. The van der Waals surface area contributed by atoms with Gasteiger partial charge in [0, 0.05) is 15.2 Å². The molecule has 0 aliphatic carbocycles. The molecule has 1 aromatic heterocycles. The zero-order valence-electron chi connectivity index (χ0n) is 15.6. The Kier molecular flexibility index (Phi) is 5.02. The third kappa shape index (κ3) is 3.59. The average Bonchev–Trinajstić information content (AvgIpc) is 3.13. The van der Waals surface area contributed by atoms with E-state index in [4.69, 9.17) is 11.6 Å². The first kappa shape index (κ1) is 19.4. The fourth-order valence-corrected chi connectivity index (χ4v) is 3.56. The second-order valence-corrected chi connectivity index (χ2v) is 7.96. The van der Waals surface area contributed by atoms with Crippen LogP contribution in [0.2, 0.25) is 5.02 Å². The van der Waals surface area contributed by atoms with Gasteiger partial charge in [-0.1, -0.05) is 33.6 Å². The number of benzene rings is 2. The van der Waals surface area contributed by atoms with Crippen molar-refractivity contribution in [3.8, 4) is 5.69 Å². The number of nitrogens with one attached hydrogen (secondary N) is 1. The molecule has 0 fully saturated rings. The summed E-state index contributed by atoms with van der Waals surface area (Å²) in [5, 5.41) is 9.21. The lowest BCUT2D eigenvalue weighted by Gasteiger charge is -2.11. The summed E-state index contributed by atoms with van der Waals surface area (Å²) in [6, 6.07) is 14.3. The monoisotopic (exact) mass is 470 g/mol. The minimum atomic E-state index is -0.306. The lowest BCUT2D eigenvalue weighted by molar-refractivity contribution is -0.114. The lowest BCUT2D eigenvalue weighted by atomic mass is 10.1.